The highest BCUT2D eigenvalue weighted by molar-refractivity contribution is 5.70. The van der Waals surface area contributed by atoms with Gasteiger partial charge in [-0.05, 0) is 48.6 Å². The van der Waals surface area contributed by atoms with Crippen LogP contribution in [-0.4, -0.2) is 12.6 Å². The zero-order chi connectivity index (χ0) is 30.8. The van der Waals surface area contributed by atoms with Crippen molar-refractivity contribution in [2.45, 2.75) is 168 Å². The van der Waals surface area contributed by atoms with Crippen LogP contribution in [0.1, 0.15) is 174 Å². The van der Waals surface area contributed by atoms with Crippen LogP contribution in [0.4, 0.5) is 0 Å². The highest BCUT2D eigenvalue weighted by Gasteiger charge is 2.12. The number of hydrogen-bond acceptors (Lipinski definition) is 3. The lowest BCUT2D eigenvalue weighted by molar-refractivity contribution is -0.148. The Hall–Kier alpha value is -2.29. The summed E-state index contributed by atoms with van der Waals surface area (Å²) in [6, 6.07) is 16.8. The molecule has 242 valence electrons. The van der Waals surface area contributed by atoms with E-state index in [1.54, 1.807) is 0 Å². The Morgan fingerprint density at radius 3 is 1.40 bits per heavy atom. The van der Waals surface area contributed by atoms with Gasteiger partial charge in [0.1, 0.15) is 11.9 Å². The van der Waals surface area contributed by atoms with Gasteiger partial charge in [0, 0.05) is 6.42 Å². The molecule has 0 amide bonds. The van der Waals surface area contributed by atoms with Crippen molar-refractivity contribution in [1.82, 2.24) is 0 Å². The van der Waals surface area contributed by atoms with E-state index in [0.29, 0.717) is 6.42 Å². The molecule has 3 nitrogen and oxygen atoms in total. The van der Waals surface area contributed by atoms with E-state index in [1.165, 1.54) is 121 Å². The van der Waals surface area contributed by atoms with Gasteiger partial charge in [-0.3, -0.25) is 4.79 Å². The van der Waals surface area contributed by atoms with Crippen LogP contribution < -0.4 is 4.74 Å². The summed E-state index contributed by atoms with van der Waals surface area (Å²) >= 11 is 0. The molecule has 0 fully saturated rings. The third-order valence-corrected chi connectivity index (χ3v) is 8.63. The molecule has 0 saturated carbocycles. The minimum absolute atomic E-state index is 0.0825. The van der Waals surface area contributed by atoms with Crippen LogP contribution in [0.15, 0.2) is 48.5 Å². The summed E-state index contributed by atoms with van der Waals surface area (Å²) in [6.45, 7) is 7.30. The monoisotopic (exact) mass is 592 g/mol. The van der Waals surface area contributed by atoms with Gasteiger partial charge >= 0.3 is 5.97 Å². The van der Waals surface area contributed by atoms with Crippen molar-refractivity contribution < 1.29 is 14.3 Å². The maximum atomic E-state index is 12.4. The van der Waals surface area contributed by atoms with Crippen LogP contribution in [0.5, 0.6) is 5.75 Å². The number of ether oxygens (including phenoxy) is 2. The Morgan fingerprint density at radius 1 is 0.535 bits per heavy atom. The van der Waals surface area contributed by atoms with Gasteiger partial charge in [0.15, 0.2) is 0 Å². The first-order chi connectivity index (χ1) is 21.1. The fraction of sp³-hybridized carbons (Fsp3) is 0.675. The van der Waals surface area contributed by atoms with Gasteiger partial charge in [-0.2, -0.15) is 0 Å². The molecule has 0 N–H and O–H groups in total. The average Bonchev–Trinajstić information content (AvgIpc) is 3.03. The van der Waals surface area contributed by atoms with E-state index in [2.05, 4.69) is 62.4 Å². The van der Waals surface area contributed by atoms with Crippen molar-refractivity contribution in [2.24, 2.45) is 0 Å². The Bertz CT molecular complexity index is 918. The molecule has 0 aliphatic rings. The minimum atomic E-state index is -0.226. The van der Waals surface area contributed by atoms with E-state index >= 15 is 0 Å². The molecule has 2 aromatic rings. The number of carbonyl (C=O) groups is 1. The van der Waals surface area contributed by atoms with Gasteiger partial charge in [-0.1, -0.05) is 172 Å². The maximum absolute atomic E-state index is 12.4. The van der Waals surface area contributed by atoms with Crippen molar-refractivity contribution >= 4 is 5.97 Å². The molecular weight excluding hydrogens is 528 g/mol. The molecule has 3 heteroatoms. The molecule has 0 aromatic heterocycles. The van der Waals surface area contributed by atoms with Gasteiger partial charge in [0.2, 0.25) is 0 Å². The summed E-state index contributed by atoms with van der Waals surface area (Å²) in [5, 5.41) is 0. The third-order valence-electron chi connectivity index (χ3n) is 8.63. The highest BCUT2D eigenvalue weighted by atomic mass is 16.5. The molecule has 2 rings (SSSR count). The van der Waals surface area contributed by atoms with Crippen LogP contribution in [-0.2, 0) is 9.53 Å². The summed E-state index contributed by atoms with van der Waals surface area (Å²) in [5.41, 5.74) is 3.36. The van der Waals surface area contributed by atoms with E-state index < -0.39 is 0 Å². The topological polar surface area (TPSA) is 35.5 Å². The molecule has 2 aromatic carbocycles. The molecule has 0 bridgehead atoms. The molecule has 1 atom stereocenters. The molecule has 0 radical (unpaired) electrons. The molecule has 1 unspecified atom stereocenters. The predicted octanol–water partition coefficient (Wildman–Crippen LogP) is 13.0. The first kappa shape index (κ1) is 36.9. The number of benzene rings is 2. The smallest absolute Gasteiger partial charge is 0.306 e. The molecular formula is C40H64O3. The number of esters is 1. The van der Waals surface area contributed by atoms with E-state index in [4.69, 9.17) is 9.47 Å². The van der Waals surface area contributed by atoms with Gasteiger partial charge in [-0.15, -0.1) is 0 Å². The predicted molar refractivity (Wildman–Crippen MR) is 185 cm³/mol. The average molecular weight is 593 g/mol. The fourth-order valence-corrected chi connectivity index (χ4v) is 5.73. The van der Waals surface area contributed by atoms with Crippen LogP contribution >= 0.6 is 0 Å². The van der Waals surface area contributed by atoms with Crippen molar-refractivity contribution in [2.75, 3.05) is 6.61 Å². The summed E-state index contributed by atoms with van der Waals surface area (Å²) in [4.78, 5) is 12.4. The largest absolute Gasteiger partial charge is 0.494 e. The van der Waals surface area contributed by atoms with Crippen LogP contribution in [0.3, 0.4) is 0 Å². The van der Waals surface area contributed by atoms with E-state index in [9.17, 15) is 4.79 Å². The second kappa shape index (κ2) is 25.1. The molecule has 0 saturated heterocycles. The maximum Gasteiger partial charge on any atom is 0.306 e. The first-order valence-electron chi connectivity index (χ1n) is 18.2. The van der Waals surface area contributed by atoms with Crippen LogP contribution in [0.2, 0.25) is 0 Å². The van der Waals surface area contributed by atoms with Gasteiger partial charge in [0.25, 0.3) is 0 Å². The van der Waals surface area contributed by atoms with Gasteiger partial charge in [0.05, 0.1) is 6.61 Å². The quantitative estimate of drug-likeness (QED) is 0.0764. The summed E-state index contributed by atoms with van der Waals surface area (Å²) in [6.07, 6.45) is 27.8. The Balaban J connectivity index is 1.56. The molecule has 0 aliphatic carbocycles. The van der Waals surface area contributed by atoms with Crippen molar-refractivity contribution in [3.05, 3.63) is 54.1 Å². The van der Waals surface area contributed by atoms with Crippen molar-refractivity contribution in [3.63, 3.8) is 0 Å². The standard InChI is InChI=1S/C40H64O3/c1-4-6-8-10-12-14-16-17-19-21-23-25-40(41)43-35(3)36-26-28-37(29-27-36)38-30-32-39(33-31-38)42-34-24-22-20-18-15-13-11-9-7-5-2/h26-33,35H,4-25,34H2,1-3H3. The van der Waals surface area contributed by atoms with E-state index in [0.717, 1.165) is 42.7 Å². The second-order valence-corrected chi connectivity index (χ2v) is 12.6. The summed E-state index contributed by atoms with van der Waals surface area (Å²) in [5.74, 6) is 0.857. The van der Waals surface area contributed by atoms with Crippen LogP contribution in [0.25, 0.3) is 11.1 Å². The number of hydrogen-bond donors (Lipinski definition) is 0. The van der Waals surface area contributed by atoms with Gasteiger partial charge in [-0.25, -0.2) is 0 Å². The minimum Gasteiger partial charge on any atom is -0.494 e. The number of rotatable bonds is 27. The Labute approximate surface area is 265 Å². The van der Waals surface area contributed by atoms with Crippen molar-refractivity contribution in [3.8, 4) is 16.9 Å². The number of carbonyl (C=O) groups excluding carboxylic acids is 1. The summed E-state index contributed by atoms with van der Waals surface area (Å²) < 4.78 is 11.7. The normalized spacial score (nSPS) is 11.9. The lowest BCUT2D eigenvalue weighted by atomic mass is 10.0. The second-order valence-electron chi connectivity index (χ2n) is 12.6. The van der Waals surface area contributed by atoms with E-state index in [1.807, 2.05) is 6.92 Å². The SMILES string of the molecule is CCCCCCCCCCCCCC(=O)OC(C)c1ccc(-c2ccc(OCCCCCCCCCCCC)cc2)cc1. The third kappa shape index (κ3) is 18.2. The lowest BCUT2D eigenvalue weighted by Gasteiger charge is -2.14. The number of unbranched alkanes of at least 4 members (excludes halogenated alkanes) is 19. The molecule has 0 spiro atoms. The molecule has 43 heavy (non-hydrogen) atoms. The zero-order valence-electron chi connectivity index (χ0n) is 28.2. The fourth-order valence-electron chi connectivity index (χ4n) is 5.73. The summed E-state index contributed by atoms with van der Waals surface area (Å²) in [7, 11) is 0. The highest BCUT2D eigenvalue weighted by Crippen LogP contribution is 2.26. The lowest BCUT2D eigenvalue weighted by Crippen LogP contribution is -2.08. The molecule has 0 aliphatic heterocycles. The van der Waals surface area contributed by atoms with E-state index in [-0.39, 0.29) is 12.1 Å². The Morgan fingerprint density at radius 2 is 0.930 bits per heavy atom. The Kier molecular flexibility index (Phi) is 21.5. The van der Waals surface area contributed by atoms with Gasteiger partial charge < -0.3 is 9.47 Å². The molecule has 0 heterocycles. The van der Waals surface area contributed by atoms with Crippen LogP contribution in [0, 0.1) is 0 Å². The first-order valence-corrected chi connectivity index (χ1v) is 18.2. The van der Waals surface area contributed by atoms with Crippen molar-refractivity contribution in [1.29, 1.82) is 0 Å². The zero-order valence-corrected chi connectivity index (χ0v) is 28.2.